The largest absolute Gasteiger partial charge is 0.496 e. The molecule has 0 fully saturated rings. The predicted octanol–water partition coefficient (Wildman–Crippen LogP) is 3.32. The molecule has 0 unspecified atom stereocenters. The summed E-state index contributed by atoms with van der Waals surface area (Å²) in [7, 11) is 1.53. The Kier molecular flexibility index (Phi) is 6.29. The Morgan fingerprint density at radius 1 is 1.30 bits per heavy atom. The summed E-state index contributed by atoms with van der Waals surface area (Å²) < 4.78 is 19.0. The highest BCUT2D eigenvalue weighted by atomic mass is 32.1. The molecule has 2 N–H and O–H groups in total. The van der Waals surface area contributed by atoms with Gasteiger partial charge in [-0.05, 0) is 48.8 Å². The number of pyridine rings is 1. The van der Waals surface area contributed by atoms with Crippen molar-refractivity contribution in [1.82, 2.24) is 10.3 Å². The molecule has 6 heteroatoms. The van der Waals surface area contributed by atoms with E-state index in [-0.39, 0.29) is 5.82 Å². The normalized spacial score (nSPS) is 10.2. The molecule has 23 heavy (non-hydrogen) atoms. The lowest BCUT2D eigenvalue weighted by Crippen LogP contribution is -2.31. The molecule has 0 aliphatic carbocycles. The van der Waals surface area contributed by atoms with Crippen molar-refractivity contribution >= 4 is 23.1 Å². The van der Waals surface area contributed by atoms with E-state index in [0.29, 0.717) is 29.4 Å². The first-order valence-corrected chi connectivity index (χ1v) is 7.86. The van der Waals surface area contributed by atoms with Crippen LogP contribution in [0.4, 0.5) is 10.2 Å². The number of aryl methyl sites for hydroxylation is 1. The van der Waals surface area contributed by atoms with E-state index >= 15 is 0 Å². The molecule has 0 saturated carbocycles. The number of thiocarbonyl (C=S) groups is 1. The van der Waals surface area contributed by atoms with Gasteiger partial charge in [-0.1, -0.05) is 19.1 Å². The van der Waals surface area contributed by atoms with Gasteiger partial charge in [-0.15, -0.1) is 0 Å². The van der Waals surface area contributed by atoms with Crippen LogP contribution in [-0.4, -0.2) is 23.8 Å². The van der Waals surface area contributed by atoms with E-state index in [0.717, 1.165) is 17.8 Å². The SMILES string of the molecule is CCc1cccnc1NC(=S)NCCc1c(F)cccc1OC. The summed E-state index contributed by atoms with van der Waals surface area (Å²) in [6.07, 6.45) is 3.06. The monoisotopic (exact) mass is 333 g/mol. The Bertz CT molecular complexity index is 679. The van der Waals surface area contributed by atoms with Gasteiger partial charge in [0.15, 0.2) is 5.11 Å². The smallest absolute Gasteiger partial charge is 0.171 e. The number of nitrogens with zero attached hydrogens (tertiary/aromatic N) is 1. The van der Waals surface area contributed by atoms with Gasteiger partial charge >= 0.3 is 0 Å². The van der Waals surface area contributed by atoms with Gasteiger partial charge in [0, 0.05) is 18.3 Å². The second-order valence-electron chi connectivity index (χ2n) is 4.92. The molecule has 0 bridgehead atoms. The van der Waals surface area contributed by atoms with Crippen LogP contribution >= 0.6 is 12.2 Å². The number of benzene rings is 1. The molecule has 0 spiro atoms. The first-order chi connectivity index (χ1) is 11.2. The molecule has 0 aliphatic rings. The molecule has 0 radical (unpaired) electrons. The van der Waals surface area contributed by atoms with Gasteiger partial charge in [0.1, 0.15) is 17.4 Å². The van der Waals surface area contributed by atoms with Crippen LogP contribution in [0.2, 0.25) is 0 Å². The van der Waals surface area contributed by atoms with Gasteiger partial charge in [0.25, 0.3) is 0 Å². The zero-order valence-corrected chi connectivity index (χ0v) is 14.0. The van der Waals surface area contributed by atoms with E-state index in [1.54, 1.807) is 18.3 Å². The van der Waals surface area contributed by atoms with Gasteiger partial charge in [-0.3, -0.25) is 0 Å². The van der Waals surface area contributed by atoms with Gasteiger partial charge in [0.05, 0.1) is 7.11 Å². The van der Waals surface area contributed by atoms with Gasteiger partial charge in [-0.2, -0.15) is 0 Å². The number of hydrogen-bond acceptors (Lipinski definition) is 3. The van der Waals surface area contributed by atoms with E-state index in [4.69, 9.17) is 17.0 Å². The lowest BCUT2D eigenvalue weighted by molar-refractivity contribution is 0.404. The average Bonchev–Trinajstić information content (AvgIpc) is 2.56. The molecule has 2 aromatic rings. The van der Waals surface area contributed by atoms with Crippen molar-refractivity contribution in [3.63, 3.8) is 0 Å². The Hall–Kier alpha value is -2.21. The molecule has 1 aromatic carbocycles. The lowest BCUT2D eigenvalue weighted by atomic mass is 10.1. The zero-order valence-electron chi connectivity index (χ0n) is 13.2. The number of ether oxygens (including phenoxy) is 1. The highest BCUT2D eigenvalue weighted by molar-refractivity contribution is 7.80. The molecular formula is C17H20FN3OS. The number of rotatable bonds is 6. The van der Waals surface area contributed by atoms with Crippen LogP contribution in [0.3, 0.4) is 0 Å². The molecule has 2 rings (SSSR count). The topological polar surface area (TPSA) is 46.2 Å². The van der Waals surface area contributed by atoms with Gasteiger partial charge < -0.3 is 15.4 Å². The number of nitrogens with one attached hydrogen (secondary N) is 2. The van der Waals surface area contributed by atoms with Gasteiger partial charge in [0.2, 0.25) is 0 Å². The van der Waals surface area contributed by atoms with Crippen molar-refractivity contribution in [3.05, 3.63) is 53.5 Å². The highest BCUT2D eigenvalue weighted by Crippen LogP contribution is 2.21. The molecular weight excluding hydrogens is 313 g/mol. The van der Waals surface area contributed by atoms with Crippen LogP contribution in [0.15, 0.2) is 36.5 Å². The van der Waals surface area contributed by atoms with E-state index in [1.165, 1.54) is 13.2 Å². The van der Waals surface area contributed by atoms with Crippen LogP contribution in [0.25, 0.3) is 0 Å². The van der Waals surface area contributed by atoms with E-state index in [1.807, 2.05) is 12.1 Å². The molecule has 4 nitrogen and oxygen atoms in total. The number of methoxy groups -OCH3 is 1. The minimum atomic E-state index is -0.275. The van der Waals surface area contributed by atoms with Crippen molar-refractivity contribution in [3.8, 4) is 5.75 Å². The number of aromatic nitrogens is 1. The first-order valence-electron chi connectivity index (χ1n) is 7.45. The summed E-state index contributed by atoms with van der Waals surface area (Å²) >= 11 is 5.27. The quantitative estimate of drug-likeness (QED) is 0.794. The summed E-state index contributed by atoms with van der Waals surface area (Å²) in [6, 6.07) is 8.70. The van der Waals surface area contributed by atoms with Crippen molar-refractivity contribution in [1.29, 1.82) is 0 Å². The Balaban J connectivity index is 1.91. The first kappa shape index (κ1) is 17.1. The third kappa shape index (κ3) is 4.63. The minimum absolute atomic E-state index is 0.275. The second-order valence-corrected chi connectivity index (χ2v) is 5.32. The fourth-order valence-electron chi connectivity index (χ4n) is 2.26. The molecule has 122 valence electrons. The van der Waals surface area contributed by atoms with Crippen LogP contribution in [-0.2, 0) is 12.8 Å². The molecule has 0 atom stereocenters. The van der Waals surface area contributed by atoms with Crippen LogP contribution < -0.4 is 15.4 Å². The average molecular weight is 333 g/mol. The summed E-state index contributed by atoms with van der Waals surface area (Å²) in [5.74, 6) is 1.02. The van der Waals surface area contributed by atoms with Crippen molar-refractivity contribution in [2.75, 3.05) is 19.0 Å². The van der Waals surface area contributed by atoms with E-state index in [9.17, 15) is 4.39 Å². The second kappa shape index (κ2) is 8.43. The Labute approximate surface area is 141 Å². The number of anilines is 1. The Morgan fingerprint density at radius 3 is 2.87 bits per heavy atom. The summed E-state index contributed by atoms with van der Waals surface area (Å²) in [5, 5.41) is 6.61. The van der Waals surface area contributed by atoms with Crippen molar-refractivity contribution < 1.29 is 9.13 Å². The standard InChI is InChI=1S/C17H20FN3OS/c1-3-12-6-5-10-19-16(12)21-17(23)20-11-9-13-14(18)7-4-8-15(13)22-2/h4-8,10H,3,9,11H2,1-2H3,(H2,19,20,21,23). The number of halogens is 1. The highest BCUT2D eigenvalue weighted by Gasteiger charge is 2.09. The maximum Gasteiger partial charge on any atom is 0.171 e. The molecule has 1 aromatic heterocycles. The third-order valence-electron chi connectivity index (χ3n) is 3.46. The fourth-order valence-corrected chi connectivity index (χ4v) is 2.46. The molecule has 1 heterocycles. The summed E-state index contributed by atoms with van der Waals surface area (Å²) in [5.41, 5.74) is 1.63. The predicted molar refractivity (Wildman–Crippen MR) is 94.5 cm³/mol. The third-order valence-corrected chi connectivity index (χ3v) is 3.71. The summed E-state index contributed by atoms with van der Waals surface area (Å²) in [6.45, 7) is 2.56. The maximum atomic E-state index is 13.8. The summed E-state index contributed by atoms with van der Waals surface area (Å²) in [4.78, 5) is 4.28. The van der Waals surface area contributed by atoms with E-state index in [2.05, 4.69) is 22.5 Å². The lowest BCUT2D eigenvalue weighted by Gasteiger charge is -2.13. The minimum Gasteiger partial charge on any atom is -0.496 e. The fraction of sp³-hybridized carbons (Fsp3) is 0.294. The van der Waals surface area contributed by atoms with Crippen LogP contribution in [0, 0.1) is 5.82 Å². The molecule has 0 amide bonds. The zero-order chi connectivity index (χ0) is 16.7. The van der Waals surface area contributed by atoms with Gasteiger partial charge in [-0.25, -0.2) is 9.37 Å². The Morgan fingerprint density at radius 2 is 2.13 bits per heavy atom. The molecule has 0 saturated heterocycles. The van der Waals surface area contributed by atoms with Crippen molar-refractivity contribution in [2.24, 2.45) is 0 Å². The van der Waals surface area contributed by atoms with Crippen molar-refractivity contribution in [2.45, 2.75) is 19.8 Å². The number of hydrogen-bond donors (Lipinski definition) is 2. The van der Waals surface area contributed by atoms with E-state index < -0.39 is 0 Å². The van der Waals surface area contributed by atoms with Crippen LogP contribution in [0.1, 0.15) is 18.1 Å². The van der Waals surface area contributed by atoms with Crippen LogP contribution in [0.5, 0.6) is 5.75 Å². The molecule has 0 aliphatic heterocycles. The maximum absolute atomic E-state index is 13.8.